The third kappa shape index (κ3) is 3.25. The van der Waals surface area contributed by atoms with Crippen molar-refractivity contribution in [2.24, 2.45) is 0 Å². The minimum Gasteiger partial charge on any atom is -0.310 e. The zero-order chi connectivity index (χ0) is 13.1. The standard InChI is InChI=1S/C15H31N3/c1-5-18(6-2)11-12(3)16-13-9-14-7-8-15(10-13)17(14)4/h12-16H,5-11H2,1-4H3. The number of nitrogens with one attached hydrogen (secondary N) is 1. The Morgan fingerprint density at radius 3 is 2.22 bits per heavy atom. The second-order valence-corrected chi connectivity index (χ2v) is 6.27. The van der Waals surface area contributed by atoms with E-state index in [2.05, 4.69) is 42.9 Å². The Balaban J connectivity index is 1.77. The number of nitrogens with zero attached hydrogens (tertiary/aromatic N) is 2. The van der Waals surface area contributed by atoms with Gasteiger partial charge in [-0.15, -0.1) is 0 Å². The highest BCUT2D eigenvalue weighted by Crippen LogP contribution is 2.34. The van der Waals surface area contributed by atoms with Crippen LogP contribution in [0.3, 0.4) is 0 Å². The molecule has 2 rings (SSSR count). The van der Waals surface area contributed by atoms with Gasteiger partial charge in [-0.25, -0.2) is 0 Å². The van der Waals surface area contributed by atoms with Crippen molar-refractivity contribution in [3.05, 3.63) is 0 Å². The smallest absolute Gasteiger partial charge is 0.0169 e. The Morgan fingerprint density at radius 2 is 1.72 bits per heavy atom. The normalized spacial score (nSPS) is 34.2. The molecule has 0 radical (unpaired) electrons. The predicted octanol–water partition coefficient (Wildman–Crippen LogP) is 1.93. The lowest BCUT2D eigenvalue weighted by Gasteiger charge is -2.38. The molecule has 0 saturated carbocycles. The minimum absolute atomic E-state index is 0.623. The molecule has 2 aliphatic heterocycles. The third-order valence-corrected chi connectivity index (χ3v) is 5.04. The molecule has 0 amide bonds. The quantitative estimate of drug-likeness (QED) is 0.780. The van der Waals surface area contributed by atoms with Gasteiger partial charge in [0.15, 0.2) is 0 Å². The summed E-state index contributed by atoms with van der Waals surface area (Å²) in [5.41, 5.74) is 0. The monoisotopic (exact) mass is 253 g/mol. The van der Waals surface area contributed by atoms with Crippen LogP contribution < -0.4 is 5.32 Å². The van der Waals surface area contributed by atoms with E-state index in [4.69, 9.17) is 0 Å². The van der Waals surface area contributed by atoms with Crippen LogP contribution in [0.25, 0.3) is 0 Å². The van der Waals surface area contributed by atoms with Gasteiger partial charge in [-0.2, -0.15) is 0 Å². The van der Waals surface area contributed by atoms with Crippen LogP contribution in [0.15, 0.2) is 0 Å². The molecule has 0 aromatic carbocycles. The third-order valence-electron chi connectivity index (χ3n) is 5.04. The maximum Gasteiger partial charge on any atom is 0.0169 e. The van der Waals surface area contributed by atoms with E-state index in [1.165, 1.54) is 45.3 Å². The summed E-state index contributed by atoms with van der Waals surface area (Å²) in [5.74, 6) is 0. The lowest BCUT2D eigenvalue weighted by molar-refractivity contribution is 0.139. The maximum atomic E-state index is 3.87. The van der Waals surface area contributed by atoms with Crippen molar-refractivity contribution in [1.82, 2.24) is 15.1 Å². The highest BCUT2D eigenvalue weighted by Gasteiger charge is 2.38. The van der Waals surface area contributed by atoms with Gasteiger partial charge in [0.2, 0.25) is 0 Å². The van der Waals surface area contributed by atoms with Crippen molar-refractivity contribution in [3.63, 3.8) is 0 Å². The molecule has 3 nitrogen and oxygen atoms in total. The Hall–Kier alpha value is -0.120. The fourth-order valence-corrected chi connectivity index (χ4v) is 3.87. The summed E-state index contributed by atoms with van der Waals surface area (Å²) in [4.78, 5) is 5.13. The fourth-order valence-electron chi connectivity index (χ4n) is 3.87. The van der Waals surface area contributed by atoms with Crippen molar-refractivity contribution in [1.29, 1.82) is 0 Å². The van der Waals surface area contributed by atoms with Crippen LogP contribution in [0.2, 0.25) is 0 Å². The molecule has 3 atom stereocenters. The average molecular weight is 253 g/mol. The van der Waals surface area contributed by atoms with E-state index in [-0.39, 0.29) is 0 Å². The molecule has 2 heterocycles. The summed E-state index contributed by atoms with van der Waals surface area (Å²) in [6.45, 7) is 10.4. The Morgan fingerprint density at radius 1 is 1.17 bits per heavy atom. The molecule has 3 unspecified atom stereocenters. The molecular weight excluding hydrogens is 222 g/mol. The van der Waals surface area contributed by atoms with E-state index in [0.717, 1.165) is 18.1 Å². The summed E-state index contributed by atoms with van der Waals surface area (Å²) < 4.78 is 0. The molecule has 2 bridgehead atoms. The van der Waals surface area contributed by atoms with E-state index in [1.807, 2.05) is 0 Å². The molecule has 1 N–H and O–H groups in total. The maximum absolute atomic E-state index is 3.87. The van der Waals surface area contributed by atoms with Gasteiger partial charge in [0, 0.05) is 30.7 Å². The molecular formula is C15H31N3. The lowest BCUT2D eigenvalue weighted by atomic mass is 9.97. The first kappa shape index (κ1) is 14.3. The Labute approximate surface area is 113 Å². The number of hydrogen-bond donors (Lipinski definition) is 1. The van der Waals surface area contributed by atoms with Crippen LogP contribution in [-0.2, 0) is 0 Å². The van der Waals surface area contributed by atoms with Crippen molar-refractivity contribution < 1.29 is 0 Å². The van der Waals surface area contributed by atoms with E-state index >= 15 is 0 Å². The predicted molar refractivity (Wildman–Crippen MR) is 78.0 cm³/mol. The Bertz CT molecular complexity index is 238. The number of fused-ring (bicyclic) bond motifs is 2. The summed E-state index contributed by atoms with van der Waals surface area (Å²) in [6.07, 6.45) is 5.55. The second kappa shape index (κ2) is 6.36. The number of rotatable bonds is 6. The molecule has 2 aliphatic rings. The van der Waals surface area contributed by atoms with Gasteiger partial charge < -0.3 is 15.1 Å². The molecule has 0 aliphatic carbocycles. The molecule has 0 aromatic rings. The van der Waals surface area contributed by atoms with Gasteiger partial charge in [-0.05, 0) is 52.7 Å². The van der Waals surface area contributed by atoms with Crippen LogP contribution in [-0.4, -0.2) is 60.6 Å². The van der Waals surface area contributed by atoms with Crippen molar-refractivity contribution in [2.45, 2.75) is 70.6 Å². The van der Waals surface area contributed by atoms with Crippen LogP contribution in [0.4, 0.5) is 0 Å². The van der Waals surface area contributed by atoms with Crippen molar-refractivity contribution in [2.75, 3.05) is 26.7 Å². The molecule has 0 aromatic heterocycles. The summed E-state index contributed by atoms with van der Waals surface area (Å²) >= 11 is 0. The Kier molecular flexibility index (Phi) is 5.05. The summed E-state index contributed by atoms with van der Waals surface area (Å²) in [7, 11) is 2.32. The highest BCUT2D eigenvalue weighted by molar-refractivity contribution is 4.96. The van der Waals surface area contributed by atoms with E-state index in [9.17, 15) is 0 Å². The van der Waals surface area contributed by atoms with Gasteiger partial charge in [0.05, 0.1) is 0 Å². The van der Waals surface area contributed by atoms with E-state index in [1.54, 1.807) is 0 Å². The van der Waals surface area contributed by atoms with Gasteiger partial charge in [-0.1, -0.05) is 13.8 Å². The van der Waals surface area contributed by atoms with Crippen molar-refractivity contribution in [3.8, 4) is 0 Å². The number of likely N-dealkylation sites (N-methyl/N-ethyl adjacent to an activating group) is 1. The molecule has 2 saturated heterocycles. The van der Waals surface area contributed by atoms with Crippen LogP contribution in [0.1, 0.15) is 46.5 Å². The molecule has 18 heavy (non-hydrogen) atoms. The average Bonchev–Trinajstić information content (AvgIpc) is 2.59. The summed E-state index contributed by atoms with van der Waals surface area (Å²) in [6, 6.07) is 3.07. The first-order chi connectivity index (χ1) is 8.63. The summed E-state index contributed by atoms with van der Waals surface area (Å²) in [5, 5.41) is 3.87. The van der Waals surface area contributed by atoms with Gasteiger partial charge in [0.25, 0.3) is 0 Å². The minimum atomic E-state index is 0.623. The van der Waals surface area contributed by atoms with Crippen LogP contribution in [0, 0.1) is 0 Å². The van der Waals surface area contributed by atoms with Crippen LogP contribution in [0.5, 0.6) is 0 Å². The highest BCUT2D eigenvalue weighted by atomic mass is 15.2. The number of hydrogen-bond acceptors (Lipinski definition) is 3. The van der Waals surface area contributed by atoms with E-state index in [0.29, 0.717) is 6.04 Å². The number of piperidine rings is 1. The molecule has 2 fully saturated rings. The first-order valence-electron chi connectivity index (χ1n) is 7.84. The van der Waals surface area contributed by atoms with Gasteiger partial charge in [0.1, 0.15) is 0 Å². The first-order valence-corrected chi connectivity index (χ1v) is 7.84. The van der Waals surface area contributed by atoms with Crippen LogP contribution >= 0.6 is 0 Å². The second-order valence-electron chi connectivity index (χ2n) is 6.27. The lowest BCUT2D eigenvalue weighted by Crippen LogP contribution is -2.51. The zero-order valence-electron chi connectivity index (χ0n) is 12.7. The fraction of sp³-hybridized carbons (Fsp3) is 1.00. The largest absolute Gasteiger partial charge is 0.310 e. The van der Waals surface area contributed by atoms with Crippen molar-refractivity contribution >= 4 is 0 Å². The molecule has 0 spiro atoms. The van der Waals surface area contributed by atoms with Gasteiger partial charge >= 0.3 is 0 Å². The van der Waals surface area contributed by atoms with E-state index < -0.39 is 0 Å². The SMILES string of the molecule is CCN(CC)CC(C)NC1CC2CCC(C1)N2C. The molecule has 3 heteroatoms. The molecule has 106 valence electrons. The zero-order valence-corrected chi connectivity index (χ0v) is 12.7. The van der Waals surface area contributed by atoms with Gasteiger partial charge in [-0.3, -0.25) is 0 Å². The topological polar surface area (TPSA) is 18.5 Å².